The van der Waals surface area contributed by atoms with E-state index in [0.29, 0.717) is 12.1 Å². The molecule has 0 unspecified atom stereocenters. The molecule has 0 heterocycles. The largest absolute Gasteiger partial charge is 0.370 e. The fraction of sp³-hybridized carbons (Fsp3) is 0.133. The molecule has 0 radical (unpaired) electrons. The van der Waals surface area contributed by atoms with Gasteiger partial charge >= 0.3 is 0 Å². The second kappa shape index (κ2) is 5.45. The maximum absolute atomic E-state index is 13.1. The minimum Gasteiger partial charge on any atom is -0.370 e. The van der Waals surface area contributed by atoms with Gasteiger partial charge in [0, 0.05) is 24.8 Å². The van der Waals surface area contributed by atoms with Gasteiger partial charge in [-0.05, 0) is 29.8 Å². The average Bonchev–Trinajstić information content (AvgIpc) is 2.38. The highest BCUT2D eigenvalue weighted by molar-refractivity contribution is 5.84. The number of carbonyl (C=O) groups excluding carboxylic acids is 1. The number of carbonyl (C=O) groups is 1. The van der Waals surface area contributed by atoms with E-state index in [2.05, 4.69) is 0 Å². The third-order valence-corrected chi connectivity index (χ3v) is 2.78. The van der Waals surface area contributed by atoms with E-state index in [9.17, 15) is 9.18 Å². The highest BCUT2D eigenvalue weighted by Crippen LogP contribution is 2.19. The quantitative estimate of drug-likeness (QED) is 0.768. The van der Waals surface area contributed by atoms with E-state index in [-0.39, 0.29) is 5.82 Å². The van der Waals surface area contributed by atoms with Gasteiger partial charge in [-0.3, -0.25) is 4.79 Å². The van der Waals surface area contributed by atoms with E-state index in [0.717, 1.165) is 17.5 Å². The summed E-state index contributed by atoms with van der Waals surface area (Å²) in [7, 11) is 1.88. The molecule has 2 nitrogen and oxygen atoms in total. The number of hydrogen-bond donors (Lipinski definition) is 0. The number of hydrogen-bond acceptors (Lipinski definition) is 2. The molecule has 0 spiro atoms. The molecule has 0 amide bonds. The van der Waals surface area contributed by atoms with Crippen LogP contribution in [0.2, 0.25) is 0 Å². The van der Waals surface area contributed by atoms with Gasteiger partial charge in [-0.25, -0.2) is 4.39 Å². The van der Waals surface area contributed by atoms with Crippen LogP contribution in [0.3, 0.4) is 0 Å². The molecule has 0 bridgehead atoms. The van der Waals surface area contributed by atoms with Crippen molar-refractivity contribution < 1.29 is 9.18 Å². The molecule has 0 saturated heterocycles. The lowest BCUT2D eigenvalue weighted by molar-refractivity contribution is 0.112. The average molecular weight is 243 g/mol. The molecule has 2 rings (SSSR count). The fourth-order valence-corrected chi connectivity index (χ4v) is 1.93. The van der Waals surface area contributed by atoms with Crippen molar-refractivity contribution in [2.45, 2.75) is 6.54 Å². The minimum atomic E-state index is -0.246. The molecule has 0 aromatic heterocycles. The van der Waals surface area contributed by atoms with Crippen molar-refractivity contribution in [1.29, 1.82) is 0 Å². The van der Waals surface area contributed by atoms with Crippen molar-refractivity contribution in [3.8, 4) is 0 Å². The van der Waals surface area contributed by atoms with E-state index in [1.165, 1.54) is 12.1 Å². The Morgan fingerprint density at radius 3 is 2.67 bits per heavy atom. The lowest BCUT2D eigenvalue weighted by Crippen LogP contribution is -2.17. The Labute approximate surface area is 106 Å². The summed E-state index contributed by atoms with van der Waals surface area (Å²) in [5.41, 5.74) is 2.35. The Morgan fingerprint density at radius 1 is 1.17 bits per heavy atom. The number of anilines is 1. The van der Waals surface area contributed by atoms with Gasteiger partial charge in [-0.1, -0.05) is 24.3 Å². The van der Waals surface area contributed by atoms with Crippen molar-refractivity contribution in [3.63, 3.8) is 0 Å². The third-order valence-electron chi connectivity index (χ3n) is 2.78. The first-order valence-electron chi connectivity index (χ1n) is 5.70. The summed E-state index contributed by atoms with van der Waals surface area (Å²) in [4.78, 5) is 12.9. The van der Waals surface area contributed by atoms with Crippen LogP contribution in [0.15, 0.2) is 48.5 Å². The van der Waals surface area contributed by atoms with Crippen molar-refractivity contribution in [2.75, 3.05) is 11.9 Å². The fourth-order valence-electron chi connectivity index (χ4n) is 1.93. The number of nitrogens with zero attached hydrogens (tertiary/aromatic N) is 1. The van der Waals surface area contributed by atoms with Gasteiger partial charge < -0.3 is 4.90 Å². The van der Waals surface area contributed by atoms with Crippen LogP contribution in [-0.2, 0) is 6.54 Å². The van der Waals surface area contributed by atoms with Crippen LogP contribution in [0.4, 0.5) is 10.1 Å². The Morgan fingerprint density at radius 2 is 1.94 bits per heavy atom. The van der Waals surface area contributed by atoms with Crippen LogP contribution in [0, 0.1) is 5.82 Å². The maximum Gasteiger partial charge on any atom is 0.152 e. The van der Waals surface area contributed by atoms with Crippen molar-refractivity contribution in [3.05, 3.63) is 65.5 Å². The second-order valence-corrected chi connectivity index (χ2v) is 4.16. The van der Waals surface area contributed by atoms with Gasteiger partial charge in [0.15, 0.2) is 6.29 Å². The smallest absolute Gasteiger partial charge is 0.152 e. The molecule has 0 saturated carbocycles. The number of rotatable bonds is 4. The summed E-state index contributed by atoms with van der Waals surface area (Å²) < 4.78 is 13.1. The van der Waals surface area contributed by atoms with Gasteiger partial charge in [0.05, 0.1) is 0 Å². The lowest BCUT2D eigenvalue weighted by atomic mass is 10.1. The van der Waals surface area contributed by atoms with E-state index in [1.807, 2.05) is 36.2 Å². The van der Waals surface area contributed by atoms with E-state index >= 15 is 0 Å². The molecule has 18 heavy (non-hydrogen) atoms. The highest BCUT2D eigenvalue weighted by Gasteiger charge is 2.07. The summed E-state index contributed by atoms with van der Waals surface area (Å²) in [6, 6.07) is 13.8. The molecule has 0 N–H and O–H groups in total. The van der Waals surface area contributed by atoms with Crippen molar-refractivity contribution >= 4 is 12.0 Å². The van der Waals surface area contributed by atoms with Crippen LogP contribution < -0.4 is 4.90 Å². The molecule has 2 aromatic rings. The first-order chi connectivity index (χ1) is 8.70. The number of aldehydes is 1. The van der Waals surface area contributed by atoms with Crippen LogP contribution in [0.1, 0.15) is 15.9 Å². The Hall–Kier alpha value is -2.16. The summed E-state index contributed by atoms with van der Waals surface area (Å²) in [5, 5.41) is 0. The monoisotopic (exact) mass is 243 g/mol. The molecule has 0 aliphatic rings. The minimum absolute atomic E-state index is 0.246. The first kappa shape index (κ1) is 12.3. The van der Waals surface area contributed by atoms with Gasteiger partial charge in [0.25, 0.3) is 0 Å². The lowest BCUT2D eigenvalue weighted by Gasteiger charge is -2.21. The van der Waals surface area contributed by atoms with E-state index < -0.39 is 0 Å². The highest BCUT2D eigenvalue weighted by atomic mass is 19.1. The van der Waals surface area contributed by atoms with Gasteiger partial charge in [0.2, 0.25) is 0 Å². The molecule has 0 atom stereocenters. The van der Waals surface area contributed by atoms with Gasteiger partial charge in [-0.15, -0.1) is 0 Å². The van der Waals surface area contributed by atoms with Crippen LogP contribution in [-0.4, -0.2) is 13.3 Å². The van der Waals surface area contributed by atoms with Gasteiger partial charge in [-0.2, -0.15) is 0 Å². The zero-order valence-corrected chi connectivity index (χ0v) is 10.1. The van der Waals surface area contributed by atoms with Gasteiger partial charge in [0.1, 0.15) is 5.82 Å². The Kier molecular flexibility index (Phi) is 3.72. The number of halogens is 1. The summed E-state index contributed by atoms with van der Waals surface area (Å²) in [5.74, 6) is -0.246. The maximum atomic E-state index is 13.1. The topological polar surface area (TPSA) is 20.3 Å². The molecular formula is C15H14FNO. The number of para-hydroxylation sites is 1. The molecule has 0 aliphatic heterocycles. The predicted molar refractivity (Wildman–Crippen MR) is 70.3 cm³/mol. The molecule has 92 valence electrons. The Balaban J connectivity index is 2.21. The third kappa shape index (κ3) is 2.74. The zero-order chi connectivity index (χ0) is 13.0. The second-order valence-electron chi connectivity index (χ2n) is 4.16. The van der Waals surface area contributed by atoms with Crippen LogP contribution in [0.25, 0.3) is 0 Å². The van der Waals surface area contributed by atoms with Crippen molar-refractivity contribution in [1.82, 2.24) is 0 Å². The Bertz CT molecular complexity index is 554. The summed E-state index contributed by atoms with van der Waals surface area (Å²) >= 11 is 0. The standard InChI is InChI=1S/C15H14FNO/c1-17(10-12-5-4-7-14(16)9-12)15-8-3-2-6-13(15)11-18/h2-9,11H,10H2,1H3. The SMILES string of the molecule is CN(Cc1cccc(F)c1)c1ccccc1C=O. The molecule has 2 aromatic carbocycles. The van der Waals surface area contributed by atoms with Crippen molar-refractivity contribution in [2.24, 2.45) is 0 Å². The normalized spacial score (nSPS) is 10.1. The molecular weight excluding hydrogens is 229 g/mol. The first-order valence-corrected chi connectivity index (χ1v) is 5.70. The molecule has 3 heteroatoms. The van der Waals surface area contributed by atoms with Crippen LogP contribution >= 0.6 is 0 Å². The summed E-state index contributed by atoms with van der Waals surface area (Å²) in [6.45, 7) is 0.558. The zero-order valence-electron chi connectivity index (χ0n) is 10.1. The van der Waals surface area contributed by atoms with E-state index in [1.54, 1.807) is 12.1 Å². The van der Waals surface area contributed by atoms with E-state index in [4.69, 9.17) is 0 Å². The molecule has 0 fully saturated rings. The van der Waals surface area contributed by atoms with Crippen LogP contribution in [0.5, 0.6) is 0 Å². The molecule has 0 aliphatic carbocycles. The number of benzene rings is 2. The summed E-state index contributed by atoms with van der Waals surface area (Å²) in [6.07, 6.45) is 0.831. The predicted octanol–water partition coefficient (Wildman–Crippen LogP) is 3.27.